The number of ether oxygens (including phenoxy) is 1. The van der Waals surface area contributed by atoms with Crippen LogP contribution in [0.25, 0.3) is 0 Å². The molecule has 128 valence electrons. The van der Waals surface area contributed by atoms with Gasteiger partial charge in [-0.3, -0.25) is 0 Å². The molecular formula is C17H18FNO4S. The van der Waals surface area contributed by atoms with Crippen LogP contribution in [0.3, 0.4) is 0 Å². The van der Waals surface area contributed by atoms with E-state index in [9.17, 15) is 17.9 Å². The fraction of sp³-hybridized carbons (Fsp3) is 0.294. The van der Waals surface area contributed by atoms with Crippen molar-refractivity contribution in [2.75, 3.05) is 19.7 Å². The molecule has 0 radical (unpaired) electrons. The lowest BCUT2D eigenvalue weighted by molar-refractivity contribution is 0.00874. The summed E-state index contributed by atoms with van der Waals surface area (Å²) in [5.74, 6) is -0.199. The van der Waals surface area contributed by atoms with Crippen LogP contribution >= 0.6 is 0 Å². The minimum absolute atomic E-state index is 0.0275. The van der Waals surface area contributed by atoms with Gasteiger partial charge in [-0.25, -0.2) is 12.8 Å². The zero-order valence-electron chi connectivity index (χ0n) is 12.9. The van der Waals surface area contributed by atoms with E-state index < -0.39 is 21.4 Å². The SMILES string of the molecule is O=S(=O)(c1ccccc1F)N1CC[C@](O)(COc2ccccc2)C1. The smallest absolute Gasteiger partial charge is 0.246 e. The summed E-state index contributed by atoms with van der Waals surface area (Å²) in [6.45, 7) is -0.0396. The first-order valence-corrected chi connectivity index (χ1v) is 9.00. The largest absolute Gasteiger partial charge is 0.491 e. The van der Waals surface area contributed by atoms with Crippen molar-refractivity contribution in [3.63, 3.8) is 0 Å². The van der Waals surface area contributed by atoms with E-state index in [0.717, 1.165) is 10.4 Å². The Morgan fingerprint density at radius 2 is 1.79 bits per heavy atom. The number of hydrogen-bond donors (Lipinski definition) is 1. The molecule has 2 aromatic rings. The van der Waals surface area contributed by atoms with E-state index in [2.05, 4.69) is 0 Å². The maximum atomic E-state index is 13.8. The summed E-state index contributed by atoms with van der Waals surface area (Å²) >= 11 is 0. The molecule has 0 spiro atoms. The van der Waals surface area contributed by atoms with Crippen molar-refractivity contribution in [1.82, 2.24) is 4.31 Å². The number of aliphatic hydroxyl groups is 1. The summed E-state index contributed by atoms with van der Waals surface area (Å²) in [5.41, 5.74) is -1.30. The normalized spacial score (nSPS) is 21.8. The molecule has 5 nitrogen and oxygen atoms in total. The van der Waals surface area contributed by atoms with Crippen molar-refractivity contribution >= 4 is 10.0 Å². The van der Waals surface area contributed by atoms with Crippen molar-refractivity contribution < 1.29 is 22.7 Å². The van der Waals surface area contributed by atoms with Crippen LogP contribution in [0, 0.1) is 5.82 Å². The molecule has 1 fully saturated rings. The van der Waals surface area contributed by atoms with Crippen molar-refractivity contribution in [2.45, 2.75) is 16.9 Å². The fourth-order valence-corrected chi connectivity index (χ4v) is 4.25. The van der Waals surface area contributed by atoms with Crippen LogP contribution in [0.5, 0.6) is 5.75 Å². The Bertz CT molecular complexity index is 812. The number of halogens is 1. The average Bonchev–Trinajstić information content (AvgIpc) is 2.98. The second-order valence-electron chi connectivity index (χ2n) is 5.85. The highest BCUT2D eigenvalue weighted by Crippen LogP contribution is 2.29. The molecule has 1 atom stereocenters. The van der Waals surface area contributed by atoms with Crippen LogP contribution in [-0.4, -0.2) is 43.1 Å². The van der Waals surface area contributed by atoms with Crippen LogP contribution in [0.4, 0.5) is 4.39 Å². The molecular weight excluding hydrogens is 333 g/mol. The highest BCUT2D eigenvalue weighted by Gasteiger charge is 2.43. The maximum Gasteiger partial charge on any atom is 0.246 e. The van der Waals surface area contributed by atoms with Gasteiger partial charge in [-0.2, -0.15) is 4.31 Å². The van der Waals surface area contributed by atoms with Crippen LogP contribution in [0.15, 0.2) is 59.5 Å². The number of nitrogens with zero attached hydrogens (tertiary/aromatic N) is 1. The molecule has 0 bridgehead atoms. The van der Waals surface area contributed by atoms with Crippen LogP contribution in [-0.2, 0) is 10.0 Å². The maximum absolute atomic E-state index is 13.8. The van der Waals surface area contributed by atoms with Gasteiger partial charge in [0.15, 0.2) is 0 Å². The molecule has 24 heavy (non-hydrogen) atoms. The second-order valence-corrected chi connectivity index (χ2v) is 7.75. The number of para-hydroxylation sites is 1. The monoisotopic (exact) mass is 351 g/mol. The lowest BCUT2D eigenvalue weighted by Crippen LogP contribution is -2.40. The van der Waals surface area contributed by atoms with Crippen LogP contribution in [0.2, 0.25) is 0 Å². The second kappa shape index (κ2) is 6.51. The first-order chi connectivity index (χ1) is 11.4. The van der Waals surface area contributed by atoms with E-state index in [1.165, 1.54) is 18.2 Å². The Balaban J connectivity index is 1.71. The van der Waals surface area contributed by atoms with Gasteiger partial charge in [0.05, 0.1) is 0 Å². The van der Waals surface area contributed by atoms with Gasteiger partial charge in [-0.15, -0.1) is 0 Å². The molecule has 2 aromatic carbocycles. The predicted octanol–water partition coefficient (Wildman–Crippen LogP) is 2.03. The molecule has 0 aliphatic carbocycles. The predicted molar refractivity (Wildman–Crippen MR) is 86.7 cm³/mol. The van der Waals surface area contributed by atoms with E-state index in [1.54, 1.807) is 12.1 Å². The third-order valence-electron chi connectivity index (χ3n) is 4.00. The summed E-state index contributed by atoms with van der Waals surface area (Å²) in [6, 6.07) is 14.2. The summed E-state index contributed by atoms with van der Waals surface area (Å²) in [6.07, 6.45) is 0.230. The van der Waals surface area contributed by atoms with Gasteiger partial charge in [0.25, 0.3) is 0 Å². The minimum atomic E-state index is -3.98. The van der Waals surface area contributed by atoms with Gasteiger partial charge in [-0.1, -0.05) is 30.3 Å². The van der Waals surface area contributed by atoms with E-state index in [1.807, 2.05) is 18.2 Å². The van der Waals surface area contributed by atoms with Gasteiger partial charge in [-0.05, 0) is 30.7 Å². The molecule has 0 aromatic heterocycles. The standard InChI is InChI=1S/C17H18FNO4S/c18-15-8-4-5-9-16(15)24(21,22)19-11-10-17(20,12-19)13-23-14-6-2-1-3-7-14/h1-9,20H,10-13H2/t17-/m1/s1. The molecule has 1 N–H and O–H groups in total. The Kier molecular flexibility index (Phi) is 4.58. The van der Waals surface area contributed by atoms with Gasteiger partial charge < -0.3 is 9.84 Å². The zero-order valence-corrected chi connectivity index (χ0v) is 13.7. The van der Waals surface area contributed by atoms with E-state index in [4.69, 9.17) is 4.74 Å². The zero-order chi connectivity index (χ0) is 17.2. The molecule has 7 heteroatoms. The first kappa shape index (κ1) is 16.9. The summed E-state index contributed by atoms with van der Waals surface area (Å²) < 4.78 is 45.5. The van der Waals surface area contributed by atoms with Crippen molar-refractivity contribution in [2.24, 2.45) is 0 Å². The number of hydrogen-bond acceptors (Lipinski definition) is 4. The lowest BCUT2D eigenvalue weighted by atomic mass is 10.1. The molecule has 0 unspecified atom stereocenters. The average molecular weight is 351 g/mol. The first-order valence-electron chi connectivity index (χ1n) is 7.56. The van der Waals surface area contributed by atoms with E-state index >= 15 is 0 Å². The van der Waals surface area contributed by atoms with Crippen LogP contribution in [0.1, 0.15) is 6.42 Å². The highest BCUT2D eigenvalue weighted by molar-refractivity contribution is 7.89. The van der Waals surface area contributed by atoms with Crippen molar-refractivity contribution in [3.8, 4) is 5.75 Å². The van der Waals surface area contributed by atoms with Gasteiger partial charge >= 0.3 is 0 Å². The molecule has 3 rings (SSSR count). The third-order valence-corrected chi connectivity index (χ3v) is 5.88. The van der Waals surface area contributed by atoms with Crippen LogP contribution < -0.4 is 4.74 Å². The lowest BCUT2D eigenvalue weighted by Gasteiger charge is -2.23. The molecule has 1 heterocycles. The fourth-order valence-electron chi connectivity index (χ4n) is 2.67. The number of rotatable bonds is 5. The van der Waals surface area contributed by atoms with Crippen molar-refractivity contribution in [1.29, 1.82) is 0 Å². The Morgan fingerprint density at radius 1 is 1.12 bits per heavy atom. The molecule has 0 amide bonds. The minimum Gasteiger partial charge on any atom is -0.491 e. The van der Waals surface area contributed by atoms with E-state index in [0.29, 0.717) is 5.75 Å². The molecule has 1 aliphatic rings. The quantitative estimate of drug-likeness (QED) is 0.895. The number of sulfonamides is 1. The number of β-amino-alcohol motifs (C(OH)–C–C–N with tert-alkyl or cyclic N) is 1. The Labute approximate surface area is 140 Å². The third kappa shape index (κ3) is 3.43. The highest BCUT2D eigenvalue weighted by atomic mass is 32.2. The summed E-state index contributed by atoms with van der Waals surface area (Å²) in [4.78, 5) is -0.377. The molecule has 1 aliphatic heterocycles. The topological polar surface area (TPSA) is 66.8 Å². The van der Waals surface area contributed by atoms with Crippen molar-refractivity contribution in [3.05, 3.63) is 60.4 Å². The Morgan fingerprint density at radius 3 is 2.50 bits per heavy atom. The summed E-state index contributed by atoms with van der Waals surface area (Å²) in [7, 11) is -3.98. The number of benzene rings is 2. The Hall–Kier alpha value is -1.96. The van der Waals surface area contributed by atoms with Gasteiger partial charge in [0, 0.05) is 13.1 Å². The molecule has 0 saturated carbocycles. The van der Waals surface area contributed by atoms with E-state index in [-0.39, 0.29) is 31.0 Å². The van der Waals surface area contributed by atoms with Gasteiger partial charge in [0.2, 0.25) is 10.0 Å². The summed E-state index contributed by atoms with van der Waals surface area (Å²) in [5, 5.41) is 10.6. The molecule has 1 saturated heterocycles. The van der Waals surface area contributed by atoms with Gasteiger partial charge in [0.1, 0.15) is 28.7 Å².